The van der Waals surface area contributed by atoms with Gasteiger partial charge in [-0.2, -0.15) is 0 Å². The van der Waals surface area contributed by atoms with E-state index in [2.05, 4.69) is 0 Å². The molecule has 0 aromatic heterocycles. The Bertz CT molecular complexity index is 365. The van der Waals surface area contributed by atoms with Gasteiger partial charge in [0.25, 0.3) is 0 Å². The molecule has 0 saturated heterocycles. The van der Waals surface area contributed by atoms with Gasteiger partial charge in [0.1, 0.15) is 0 Å². The summed E-state index contributed by atoms with van der Waals surface area (Å²) in [4.78, 5) is 0. The molecular weight excluding hydrogens is 248 g/mol. The van der Waals surface area contributed by atoms with Gasteiger partial charge in [0.15, 0.2) is 0 Å². The summed E-state index contributed by atoms with van der Waals surface area (Å²) in [6, 6.07) is 7.70. The molecule has 1 aliphatic carbocycles. The van der Waals surface area contributed by atoms with Crippen molar-refractivity contribution < 1.29 is 10.2 Å². The second kappa shape index (κ2) is 6.05. The largest absolute Gasteiger partial charge is 0.396 e. The number of hydrogen-bond acceptors (Lipinski definition) is 2. The molecule has 0 atom stereocenters. The highest BCUT2D eigenvalue weighted by Crippen LogP contribution is 2.41. The van der Waals surface area contributed by atoms with E-state index >= 15 is 0 Å². The molecule has 100 valence electrons. The molecule has 0 bridgehead atoms. The molecule has 1 saturated carbocycles. The maximum Gasteiger partial charge on any atom is 0.0515 e. The lowest BCUT2D eigenvalue weighted by Crippen LogP contribution is -2.39. The van der Waals surface area contributed by atoms with Gasteiger partial charge in [0.2, 0.25) is 0 Å². The zero-order valence-electron chi connectivity index (χ0n) is 10.6. The minimum absolute atomic E-state index is 0.0524. The molecule has 0 amide bonds. The summed E-state index contributed by atoms with van der Waals surface area (Å²) in [7, 11) is 0. The van der Waals surface area contributed by atoms with Crippen LogP contribution in [0.2, 0.25) is 5.02 Å². The van der Waals surface area contributed by atoms with Crippen molar-refractivity contribution in [3.8, 4) is 0 Å². The lowest BCUT2D eigenvalue weighted by molar-refractivity contribution is 0.00571. The van der Waals surface area contributed by atoms with E-state index in [1.807, 2.05) is 24.3 Å². The third-order valence-corrected chi connectivity index (χ3v) is 4.57. The van der Waals surface area contributed by atoms with Gasteiger partial charge in [-0.25, -0.2) is 0 Å². The lowest BCUT2D eigenvalue weighted by Gasteiger charge is -2.36. The predicted octanol–water partition coefficient (Wildman–Crippen LogP) is 3.04. The zero-order chi connectivity index (χ0) is 13.0. The minimum Gasteiger partial charge on any atom is -0.396 e. The molecule has 0 unspecified atom stereocenters. The Kier molecular flexibility index (Phi) is 4.66. The Morgan fingerprint density at radius 2 is 1.61 bits per heavy atom. The van der Waals surface area contributed by atoms with Gasteiger partial charge in [-0.15, -0.1) is 0 Å². The highest BCUT2D eigenvalue weighted by Gasteiger charge is 2.39. The molecule has 1 aromatic carbocycles. The third kappa shape index (κ3) is 2.87. The van der Waals surface area contributed by atoms with Crippen LogP contribution >= 0.6 is 11.6 Å². The van der Waals surface area contributed by atoms with Gasteiger partial charge < -0.3 is 10.2 Å². The molecule has 0 aliphatic heterocycles. The fraction of sp³-hybridized carbons (Fsp3) is 0.600. The fourth-order valence-corrected chi connectivity index (χ4v) is 3.24. The van der Waals surface area contributed by atoms with Crippen LogP contribution in [0.1, 0.15) is 31.2 Å². The average molecular weight is 269 g/mol. The van der Waals surface area contributed by atoms with Crippen LogP contribution in [0, 0.1) is 11.3 Å². The number of aliphatic hydroxyl groups excluding tert-OH is 2. The third-order valence-electron chi connectivity index (χ3n) is 4.32. The van der Waals surface area contributed by atoms with E-state index in [1.165, 1.54) is 12.8 Å². The summed E-state index contributed by atoms with van der Waals surface area (Å²) in [5.41, 5.74) is 0.763. The first-order chi connectivity index (χ1) is 8.70. The summed E-state index contributed by atoms with van der Waals surface area (Å²) < 4.78 is 0. The van der Waals surface area contributed by atoms with E-state index in [0.29, 0.717) is 5.92 Å². The second-order valence-corrected chi connectivity index (χ2v) is 5.90. The molecule has 0 heterocycles. The maximum absolute atomic E-state index is 9.77. The highest BCUT2D eigenvalue weighted by molar-refractivity contribution is 6.30. The fourth-order valence-electron chi connectivity index (χ4n) is 3.11. The van der Waals surface area contributed by atoms with Crippen LogP contribution in [-0.4, -0.2) is 23.4 Å². The van der Waals surface area contributed by atoms with Crippen molar-refractivity contribution in [2.45, 2.75) is 32.1 Å². The Hall–Kier alpha value is -0.570. The molecule has 2 N–H and O–H groups in total. The van der Waals surface area contributed by atoms with Crippen molar-refractivity contribution in [3.05, 3.63) is 34.9 Å². The molecule has 1 fully saturated rings. The summed E-state index contributed by atoms with van der Waals surface area (Å²) in [6.07, 6.45) is 5.39. The average Bonchev–Trinajstić information content (AvgIpc) is 2.93. The van der Waals surface area contributed by atoms with E-state index < -0.39 is 0 Å². The number of rotatable bonds is 5. The Labute approximate surface area is 114 Å². The van der Waals surface area contributed by atoms with Gasteiger partial charge >= 0.3 is 0 Å². The van der Waals surface area contributed by atoms with Gasteiger partial charge in [-0.3, -0.25) is 0 Å². The molecule has 0 spiro atoms. The number of benzene rings is 1. The lowest BCUT2D eigenvalue weighted by atomic mass is 9.71. The van der Waals surface area contributed by atoms with Crippen molar-refractivity contribution in [3.63, 3.8) is 0 Å². The smallest absolute Gasteiger partial charge is 0.0515 e. The normalized spacial score (nSPS) is 17.3. The van der Waals surface area contributed by atoms with Crippen molar-refractivity contribution >= 4 is 11.6 Å². The minimum atomic E-state index is -0.371. The first kappa shape index (κ1) is 13.9. The molecule has 2 nitrogen and oxygen atoms in total. The number of hydrogen-bond donors (Lipinski definition) is 2. The van der Waals surface area contributed by atoms with E-state index in [0.717, 1.165) is 29.8 Å². The second-order valence-electron chi connectivity index (χ2n) is 5.46. The standard InChI is InChI=1S/C15H21ClO2/c16-14-7-5-12(6-8-14)9-15(10-17,11-18)13-3-1-2-4-13/h5-8,13,17-18H,1-4,9-11H2. The van der Waals surface area contributed by atoms with Crippen molar-refractivity contribution in [2.75, 3.05) is 13.2 Å². The molecule has 18 heavy (non-hydrogen) atoms. The predicted molar refractivity (Wildman–Crippen MR) is 73.7 cm³/mol. The molecular formula is C15H21ClO2. The zero-order valence-corrected chi connectivity index (χ0v) is 11.4. The quantitative estimate of drug-likeness (QED) is 0.862. The van der Waals surface area contributed by atoms with Gasteiger partial charge in [-0.1, -0.05) is 36.6 Å². The Morgan fingerprint density at radius 1 is 1.06 bits per heavy atom. The van der Waals surface area contributed by atoms with Crippen molar-refractivity contribution in [1.82, 2.24) is 0 Å². The van der Waals surface area contributed by atoms with E-state index in [4.69, 9.17) is 11.6 Å². The first-order valence-corrected chi connectivity index (χ1v) is 7.04. The SMILES string of the molecule is OCC(CO)(Cc1ccc(Cl)cc1)C1CCCC1. The first-order valence-electron chi connectivity index (χ1n) is 6.66. The molecule has 0 radical (unpaired) electrons. The summed E-state index contributed by atoms with van der Waals surface area (Å²) in [6.45, 7) is 0.105. The molecule has 1 aromatic rings. The number of aliphatic hydroxyl groups is 2. The van der Waals surface area contributed by atoms with E-state index in [9.17, 15) is 10.2 Å². The van der Waals surface area contributed by atoms with Crippen LogP contribution in [0.4, 0.5) is 0 Å². The summed E-state index contributed by atoms with van der Waals surface area (Å²) in [5, 5.41) is 20.3. The van der Waals surface area contributed by atoms with Crippen LogP contribution in [0.15, 0.2) is 24.3 Å². The summed E-state index contributed by atoms with van der Waals surface area (Å²) >= 11 is 5.88. The van der Waals surface area contributed by atoms with Crippen LogP contribution in [0.25, 0.3) is 0 Å². The number of halogens is 1. The van der Waals surface area contributed by atoms with Crippen LogP contribution in [0.3, 0.4) is 0 Å². The molecule has 2 rings (SSSR count). The van der Waals surface area contributed by atoms with Gasteiger partial charge in [0.05, 0.1) is 13.2 Å². The van der Waals surface area contributed by atoms with Gasteiger partial charge in [-0.05, 0) is 42.9 Å². The Morgan fingerprint density at radius 3 is 2.11 bits per heavy atom. The molecule has 3 heteroatoms. The van der Waals surface area contributed by atoms with E-state index in [1.54, 1.807) is 0 Å². The highest BCUT2D eigenvalue weighted by atomic mass is 35.5. The monoisotopic (exact) mass is 268 g/mol. The Balaban J connectivity index is 2.16. The van der Waals surface area contributed by atoms with Gasteiger partial charge in [0, 0.05) is 10.4 Å². The maximum atomic E-state index is 9.77. The van der Waals surface area contributed by atoms with Crippen LogP contribution in [0.5, 0.6) is 0 Å². The topological polar surface area (TPSA) is 40.5 Å². The van der Waals surface area contributed by atoms with E-state index in [-0.39, 0.29) is 18.6 Å². The van der Waals surface area contributed by atoms with Crippen molar-refractivity contribution in [2.24, 2.45) is 11.3 Å². The van der Waals surface area contributed by atoms with Crippen LogP contribution in [-0.2, 0) is 6.42 Å². The van der Waals surface area contributed by atoms with Crippen LogP contribution < -0.4 is 0 Å². The van der Waals surface area contributed by atoms with Crippen molar-refractivity contribution in [1.29, 1.82) is 0 Å². The summed E-state index contributed by atoms with van der Waals surface area (Å²) in [5.74, 6) is 0.433. The molecule has 1 aliphatic rings.